The van der Waals surface area contributed by atoms with E-state index in [1.54, 1.807) is 0 Å². The zero-order valence-corrected chi connectivity index (χ0v) is 15.5. The predicted octanol–water partition coefficient (Wildman–Crippen LogP) is 2.13. The van der Waals surface area contributed by atoms with Gasteiger partial charge in [-0.2, -0.15) is 4.31 Å². The number of fused-ring (bicyclic) bond motifs is 1. The molecule has 27 heavy (non-hydrogen) atoms. The lowest BCUT2D eigenvalue weighted by Crippen LogP contribution is -2.28. The molecule has 2 aliphatic rings. The fourth-order valence-electron chi connectivity index (χ4n) is 3.19. The Morgan fingerprint density at radius 2 is 1.70 bits per heavy atom. The highest BCUT2D eigenvalue weighted by Gasteiger charge is 2.27. The van der Waals surface area contributed by atoms with Crippen molar-refractivity contribution in [2.45, 2.75) is 24.3 Å². The maximum atomic E-state index is 12.5. The van der Waals surface area contributed by atoms with E-state index in [4.69, 9.17) is 9.47 Å². The Kier molecular flexibility index (Phi) is 4.75. The molecular formula is C19H20N2O5S. The number of nitrogens with zero attached hydrogens (tertiary/aromatic N) is 1. The van der Waals surface area contributed by atoms with Crippen molar-refractivity contribution >= 4 is 15.9 Å². The van der Waals surface area contributed by atoms with Crippen LogP contribution >= 0.6 is 0 Å². The summed E-state index contributed by atoms with van der Waals surface area (Å²) in [6, 6.07) is 11.6. The van der Waals surface area contributed by atoms with Gasteiger partial charge in [-0.15, -0.1) is 0 Å². The van der Waals surface area contributed by atoms with Gasteiger partial charge in [-0.05, 0) is 54.8 Å². The second kappa shape index (κ2) is 7.21. The Morgan fingerprint density at radius 3 is 2.44 bits per heavy atom. The molecule has 8 heteroatoms. The van der Waals surface area contributed by atoms with Gasteiger partial charge in [0.25, 0.3) is 5.91 Å². The Morgan fingerprint density at radius 1 is 1.00 bits per heavy atom. The topological polar surface area (TPSA) is 84.9 Å². The molecule has 0 unspecified atom stereocenters. The number of rotatable bonds is 5. The normalized spacial score (nSPS) is 16.4. The summed E-state index contributed by atoms with van der Waals surface area (Å²) in [4.78, 5) is 12.6. The van der Waals surface area contributed by atoms with Gasteiger partial charge in [-0.25, -0.2) is 8.42 Å². The lowest BCUT2D eigenvalue weighted by Gasteiger charge is -2.15. The fraction of sp³-hybridized carbons (Fsp3) is 0.316. The van der Waals surface area contributed by atoms with Crippen LogP contribution in [0.15, 0.2) is 47.4 Å². The lowest BCUT2D eigenvalue weighted by molar-refractivity contribution is 0.0950. The maximum Gasteiger partial charge on any atom is 0.251 e. The molecule has 142 valence electrons. The number of ether oxygens (including phenoxy) is 2. The fourth-order valence-corrected chi connectivity index (χ4v) is 4.71. The molecule has 7 nitrogen and oxygen atoms in total. The number of benzene rings is 2. The standard InChI is InChI=1S/C19H20N2O5S/c22-19(20-12-14-3-8-17-18(11-14)26-13-25-17)15-4-6-16(7-5-15)27(23,24)21-9-1-2-10-21/h3-8,11H,1-2,9-10,12-13H2,(H,20,22). The molecule has 1 N–H and O–H groups in total. The average Bonchev–Trinajstić information content (AvgIpc) is 3.37. The summed E-state index contributed by atoms with van der Waals surface area (Å²) < 4.78 is 37.1. The van der Waals surface area contributed by atoms with Crippen LogP contribution in [0.1, 0.15) is 28.8 Å². The van der Waals surface area contributed by atoms with Crippen LogP contribution in [0, 0.1) is 0 Å². The van der Waals surface area contributed by atoms with Gasteiger partial charge in [0.1, 0.15) is 0 Å². The molecular weight excluding hydrogens is 368 g/mol. The van der Waals surface area contributed by atoms with Gasteiger partial charge in [-0.3, -0.25) is 4.79 Å². The minimum atomic E-state index is -3.47. The van der Waals surface area contributed by atoms with Crippen molar-refractivity contribution in [1.29, 1.82) is 0 Å². The van der Waals surface area contributed by atoms with E-state index in [1.165, 1.54) is 28.6 Å². The number of sulfonamides is 1. The van der Waals surface area contributed by atoms with E-state index in [-0.39, 0.29) is 17.6 Å². The van der Waals surface area contributed by atoms with Crippen LogP contribution < -0.4 is 14.8 Å². The highest BCUT2D eigenvalue weighted by Crippen LogP contribution is 2.32. The zero-order valence-electron chi connectivity index (χ0n) is 14.7. The summed E-state index contributed by atoms with van der Waals surface area (Å²) in [5, 5.41) is 2.82. The van der Waals surface area contributed by atoms with E-state index in [9.17, 15) is 13.2 Å². The van der Waals surface area contributed by atoms with Crippen LogP contribution in [0.2, 0.25) is 0 Å². The van der Waals surface area contributed by atoms with Crippen LogP contribution in [0.5, 0.6) is 11.5 Å². The Hall–Kier alpha value is -2.58. The molecule has 1 saturated heterocycles. The second-order valence-corrected chi connectivity index (χ2v) is 8.44. The first-order valence-corrected chi connectivity index (χ1v) is 10.2. The third-order valence-corrected chi connectivity index (χ3v) is 6.62. The van der Waals surface area contributed by atoms with Crippen molar-refractivity contribution in [3.63, 3.8) is 0 Å². The summed E-state index contributed by atoms with van der Waals surface area (Å²) >= 11 is 0. The van der Waals surface area contributed by atoms with E-state index in [0.29, 0.717) is 36.7 Å². The first kappa shape index (κ1) is 17.8. The van der Waals surface area contributed by atoms with Crippen molar-refractivity contribution in [1.82, 2.24) is 9.62 Å². The summed E-state index contributed by atoms with van der Waals surface area (Å²) in [5.41, 5.74) is 1.30. The van der Waals surface area contributed by atoms with Crippen molar-refractivity contribution in [3.05, 3.63) is 53.6 Å². The van der Waals surface area contributed by atoms with E-state index >= 15 is 0 Å². The van der Waals surface area contributed by atoms with Crippen LogP contribution in [0.3, 0.4) is 0 Å². The average molecular weight is 388 g/mol. The number of nitrogens with one attached hydrogen (secondary N) is 1. The monoisotopic (exact) mass is 388 g/mol. The van der Waals surface area contributed by atoms with Crippen LogP contribution in [0.25, 0.3) is 0 Å². The number of carbonyl (C=O) groups excluding carboxylic acids is 1. The Labute approximate surface area is 157 Å². The number of hydrogen-bond donors (Lipinski definition) is 1. The number of carbonyl (C=O) groups is 1. The van der Waals surface area contributed by atoms with Gasteiger partial charge in [-0.1, -0.05) is 6.07 Å². The molecule has 0 spiro atoms. The van der Waals surface area contributed by atoms with Gasteiger partial charge in [0.05, 0.1) is 4.90 Å². The smallest absolute Gasteiger partial charge is 0.251 e. The predicted molar refractivity (Wildman–Crippen MR) is 98.2 cm³/mol. The summed E-state index contributed by atoms with van der Waals surface area (Å²) in [6.07, 6.45) is 1.78. The van der Waals surface area contributed by atoms with Crippen molar-refractivity contribution in [3.8, 4) is 11.5 Å². The molecule has 4 rings (SSSR count). The molecule has 0 atom stereocenters. The van der Waals surface area contributed by atoms with Crippen LogP contribution in [0.4, 0.5) is 0 Å². The quantitative estimate of drug-likeness (QED) is 0.848. The Bertz CT molecular complexity index is 951. The first-order chi connectivity index (χ1) is 13.0. The molecule has 1 amide bonds. The number of hydrogen-bond acceptors (Lipinski definition) is 5. The zero-order chi connectivity index (χ0) is 18.9. The maximum absolute atomic E-state index is 12.5. The summed E-state index contributed by atoms with van der Waals surface area (Å²) in [7, 11) is -3.47. The third kappa shape index (κ3) is 3.63. The minimum Gasteiger partial charge on any atom is -0.454 e. The van der Waals surface area contributed by atoms with Crippen LogP contribution in [-0.2, 0) is 16.6 Å². The molecule has 0 radical (unpaired) electrons. The molecule has 2 heterocycles. The van der Waals surface area contributed by atoms with Crippen molar-refractivity contribution < 1.29 is 22.7 Å². The molecule has 0 bridgehead atoms. The second-order valence-electron chi connectivity index (χ2n) is 6.51. The van der Waals surface area contributed by atoms with E-state index in [2.05, 4.69) is 5.32 Å². The van der Waals surface area contributed by atoms with E-state index in [0.717, 1.165) is 18.4 Å². The molecule has 1 fully saturated rings. The molecule has 2 aromatic carbocycles. The molecule has 0 saturated carbocycles. The van der Waals surface area contributed by atoms with E-state index < -0.39 is 10.0 Å². The summed E-state index contributed by atoms with van der Waals surface area (Å²) in [5.74, 6) is 1.09. The van der Waals surface area contributed by atoms with Gasteiger partial charge in [0.2, 0.25) is 16.8 Å². The van der Waals surface area contributed by atoms with Crippen molar-refractivity contribution in [2.24, 2.45) is 0 Å². The highest BCUT2D eigenvalue weighted by atomic mass is 32.2. The van der Waals surface area contributed by atoms with E-state index in [1.807, 2.05) is 18.2 Å². The van der Waals surface area contributed by atoms with Crippen molar-refractivity contribution in [2.75, 3.05) is 19.9 Å². The highest BCUT2D eigenvalue weighted by molar-refractivity contribution is 7.89. The SMILES string of the molecule is O=C(NCc1ccc2c(c1)OCO2)c1ccc(S(=O)(=O)N2CCCC2)cc1. The largest absolute Gasteiger partial charge is 0.454 e. The van der Waals surface area contributed by atoms with Gasteiger partial charge in [0, 0.05) is 25.2 Å². The summed E-state index contributed by atoms with van der Waals surface area (Å²) in [6.45, 7) is 1.65. The third-order valence-electron chi connectivity index (χ3n) is 4.71. The Balaban J connectivity index is 1.40. The van der Waals surface area contributed by atoms with Crippen LogP contribution in [-0.4, -0.2) is 38.5 Å². The lowest BCUT2D eigenvalue weighted by atomic mass is 10.2. The molecule has 2 aliphatic heterocycles. The minimum absolute atomic E-state index is 0.206. The molecule has 0 aromatic heterocycles. The number of amides is 1. The van der Waals surface area contributed by atoms with Gasteiger partial charge in [0.15, 0.2) is 11.5 Å². The molecule has 0 aliphatic carbocycles. The van der Waals surface area contributed by atoms with Gasteiger partial charge < -0.3 is 14.8 Å². The molecule has 2 aromatic rings. The van der Waals surface area contributed by atoms with Gasteiger partial charge >= 0.3 is 0 Å². The first-order valence-electron chi connectivity index (χ1n) is 8.81.